The number of rotatable bonds is 7. The number of halogens is 1. The molecule has 1 rings (SSSR count). The molecular weight excluding hydrogens is 273 g/mol. The molecule has 0 radical (unpaired) electrons. The van der Waals surface area contributed by atoms with Crippen molar-refractivity contribution in [2.75, 3.05) is 40.8 Å². The van der Waals surface area contributed by atoms with E-state index >= 15 is 0 Å². The van der Waals surface area contributed by atoms with Crippen LogP contribution >= 0.6 is 0 Å². The van der Waals surface area contributed by atoms with Crippen molar-refractivity contribution < 1.29 is 18.9 Å². The van der Waals surface area contributed by atoms with Gasteiger partial charge in [0.15, 0.2) is 13.1 Å². The van der Waals surface area contributed by atoms with Crippen LogP contribution in [0.5, 0.6) is 0 Å². The van der Waals surface area contributed by atoms with E-state index < -0.39 is 0 Å². The van der Waals surface area contributed by atoms with Crippen molar-refractivity contribution in [3.8, 4) is 0 Å². The van der Waals surface area contributed by atoms with E-state index in [1.807, 2.05) is 0 Å². The molecule has 0 spiro atoms. The van der Waals surface area contributed by atoms with Crippen molar-refractivity contribution in [1.82, 2.24) is 10.2 Å². The first kappa shape index (κ1) is 17.1. The van der Waals surface area contributed by atoms with Crippen LogP contribution in [0.1, 0.15) is 5.56 Å². The Hall–Kier alpha value is -1.95. The standard InChI is InChI=1S/C15H22FN3O2/c1-18(2)15(21)11-19(3)10-14(20)17-9-8-12-6-4-5-7-13(12)16/h4-7H,8-11H2,1-3H3,(H,17,20)/p+1. The van der Waals surface area contributed by atoms with Gasteiger partial charge >= 0.3 is 0 Å². The zero-order valence-corrected chi connectivity index (χ0v) is 12.8. The Labute approximate surface area is 124 Å². The zero-order valence-electron chi connectivity index (χ0n) is 12.8. The number of nitrogens with zero attached hydrogens (tertiary/aromatic N) is 1. The SMILES string of the molecule is CN(C)C(=O)C[NH+](C)CC(=O)NCCc1ccccc1F. The second-order valence-corrected chi connectivity index (χ2v) is 5.29. The van der Waals surface area contributed by atoms with Crippen LogP contribution in [0.15, 0.2) is 24.3 Å². The third-order valence-electron chi connectivity index (χ3n) is 3.09. The highest BCUT2D eigenvalue weighted by Crippen LogP contribution is 2.05. The number of carbonyl (C=O) groups excluding carboxylic acids is 2. The van der Waals surface area contributed by atoms with Gasteiger partial charge in [0.1, 0.15) is 5.82 Å². The number of nitrogens with one attached hydrogen (secondary N) is 2. The van der Waals surface area contributed by atoms with Gasteiger partial charge in [0, 0.05) is 20.6 Å². The number of hydrogen-bond donors (Lipinski definition) is 2. The fraction of sp³-hybridized carbons (Fsp3) is 0.467. The molecular formula is C15H23FN3O2+. The average Bonchev–Trinajstić information content (AvgIpc) is 2.40. The normalized spacial score (nSPS) is 11.8. The highest BCUT2D eigenvalue weighted by atomic mass is 19.1. The summed E-state index contributed by atoms with van der Waals surface area (Å²) < 4.78 is 13.4. The maximum Gasteiger partial charge on any atom is 0.277 e. The molecule has 0 fully saturated rings. The minimum Gasteiger partial charge on any atom is -0.351 e. The summed E-state index contributed by atoms with van der Waals surface area (Å²) in [5.74, 6) is -0.423. The molecule has 0 bridgehead atoms. The lowest BCUT2D eigenvalue weighted by Crippen LogP contribution is -3.11. The topological polar surface area (TPSA) is 53.9 Å². The Morgan fingerprint density at radius 3 is 2.52 bits per heavy atom. The third kappa shape index (κ3) is 6.35. The van der Waals surface area contributed by atoms with Gasteiger partial charge in [-0.2, -0.15) is 0 Å². The van der Waals surface area contributed by atoms with E-state index in [4.69, 9.17) is 0 Å². The Morgan fingerprint density at radius 1 is 1.24 bits per heavy atom. The molecule has 0 aliphatic rings. The second-order valence-electron chi connectivity index (χ2n) is 5.29. The molecule has 21 heavy (non-hydrogen) atoms. The Kier molecular flexibility index (Phi) is 6.81. The van der Waals surface area contributed by atoms with Crippen LogP contribution in [0, 0.1) is 5.82 Å². The van der Waals surface area contributed by atoms with Crippen LogP contribution in [0.3, 0.4) is 0 Å². The van der Waals surface area contributed by atoms with Crippen molar-refractivity contribution >= 4 is 11.8 Å². The van der Waals surface area contributed by atoms with E-state index in [9.17, 15) is 14.0 Å². The molecule has 6 heteroatoms. The summed E-state index contributed by atoms with van der Waals surface area (Å²) in [6.45, 7) is 0.874. The average molecular weight is 296 g/mol. The van der Waals surface area contributed by atoms with E-state index in [1.54, 1.807) is 39.3 Å². The van der Waals surface area contributed by atoms with E-state index in [-0.39, 0.29) is 30.7 Å². The minimum absolute atomic E-state index is 0.0216. The maximum absolute atomic E-state index is 13.4. The van der Waals surface area contributed by atoms with Gasteiger partial charge in [-0.1, -0.05) is 18.2 Å². The predicted octanol–water partition coefficient (Wildman–Crippen LogP) is -0.913. The lowest BCUT2D eigenvalue weighted by molar-refractivity contribution is -0.862. The van der Waals surface area contributed by atoms with Crippen LogP contribution in [-0.2, 0) is 16.0 Å². The molecule has 1 aromatic carbocycles. The molecule has 0 saturated carbocycles. The smallest absolute Gasteiger partial charge is 0.277 e. The van der Waals surface area contributed by atoms with Gasteiger partial charge in [0.25, 0.3) is 11.8 Å². The number of quaternary nitrogens is 1. The van der Waals surface area contributed by atoms with Crippen molar-refractivity contribution in [3.63, 3.8) is 0 Å². The minimum atomic E-state index is -0.258. The van der Waals surface area contributed by atoms with Gasteiger partial charge in [-0.15, -0.1) is 0 Å². The van der Waals surface area contributed by atoms with Gasteiger partial charge < -0.3 is 15.1 Å². The van der Waals surface area contributed by atoms with E-state index in [0.717, 1.165) is 4.90 Å². The van der Waals surface area contributed by atoms with Crippen molar-refractivity contribution in [1.29, 1.82) is 0 Å². The van der Waals surface area contributed by atoms with Crippen LogP contribution in [0.4, 0.5) is 4.39 Å². The predicted molar refractivity (Wildman–Crippen MR) is 78.4 cm³/mol. The number of carbonyl (C=O) groups is 2. The maximum atomic E-state index is 13.4. The van der Waals surface area contributed by atoms with Crippen LogP contribution in [0.2, 0.25) is 0 Å². The molecule has 116 valence electrons. The first-order valence-corrected chi connectivity index (χ1v) is 6.91. The van der Waals surface area contributed by atoms with E-state index in [0.29, 0.717) is 18.5 Å². The van der Waals surface area contributed by atoms with E-state index in [1.165, 1.54) is 11.0 Å². The second kappa shape index (κ2) is 8.36. The summed E-state index contributed by atoms with van der Waals surface area (Å²) in [4.78, 5) is 25.5. The Bertz CT molecular complexity index is 492. The highest BCUT2D eigenvalue weighted by molar-refractivity contribution is 5.78. The van der Waals surface area contributed by atoms with Crippen LogP contribution in [-0.4, -0.2) is 57.5 Å². The molecule has 0 aliphatic heterocycles. The largest absolute Gasteiger partial charge is 0.351 e. The Balaban J connectivity index is 2.28. The molecule has 1 unspecified atom stereocenters. The monoisotopic (exact) mass is 296 g/mol. The first-order chi connectivity index (χ1) is 9.90. The number of benzene rings is 1. The summed E-state index contributed by atoms with van der Waals surface area (Å²) in [6, 6.07) is 6.51. The quantitative estimate of drug-likeness (QED) is 0.684. The summed E-state index contributed by atoms with van der Waals surface area (Å²) in [5.41, 5.74) is 0.585. The van der Waals surface area contributed by atoms with Crippen LogP contribution in [0.25, 0.3) is 0 Å². The molecule has 5 nitrogen and oxygen atoms in total. The molecule has 1 aromatic rings. The lowest BCUT2D eigenvalue weighted by atomic mass is 10.1. The summed E-state index contributed by atoms with van der Waals surface area (Å²) >= 11 is 0. The van der Waals surface area contributed by atoms with Crippen LogP contribution < -0.4 is 10.2 Å². The first-order valence-electron chi connectivity index (χ1n) is 6.91. The number of hydrogen-bond acceptors (Lipinski definition) is 2. The molecule has 0 saturated heterocycles. The van der Waals surface area contributed by atoms with Gasteiger partial charge in [-0.25, -0.2) is 4.39 Å². The van der Waals surface area contributed by atoms with Crippen molar-refractivity contribution in [2.45, 2.75) is 6.42 Å². The van der Waals surface area contributed by atoms with E-state index in [2.05, 4.69) is 5.32 Å². The summed E-state index contributed by atoms with van der Waals surface area (Å²) in [6.07, 6.45) is 0.452. The fourth-order valence-electron chi connectivity index (χ4n) is 1.85. The lowest BCUT2D eigenvalue weighted by Gasteiger charge is -2.16. The fourth-order valence-corrected chi connectivity index (χ4v) is 1.85. The zero-order chi connectivity index (χ0) is 15.8. The van der Waals surface area contributed by atoms with Crippen molar-refractivity contribution in [2.24, 2.45) is 0 Å². The molecule has 2 N–H and O–H groups in total. The molecule has 1 atom stereocenters. The summed E-state index contributed by atoms with van der Waals surface area (Å²) in [5, 5.41) is 2.74. The number of likely N-dealkylation sites (N-methyl/N-ethyl adjacent to an activating group) is 2. The number of amides is 2. The molecule has 0 aromatic heterocycles. The molecule has 2 amide bonds. The van der Waals surface area contributed by atoms with Gasteiger partial charge in [0.05, 0.1) is 7.05 Å². The van der Waals surface area contributed by atoms with Crippen molar-refractivity contribution in [3.05, 3.63) is 35.6 Å². The van der Waals surface area contributed by atoms with Gasteiger partial charge in [0.2, 0.25) is 0 Å². The third-order valence-corrected chi connectivity index (χ3v) is 3.09. The molecule has 0 heterocycles. The highest BCUT2D eigenvalue weighted by Gasteiger charge is 2.15. The molecule has 0 aliphatic carbocycles. The van der Waals surface area contributed by atoms with Gasteiger partial charge in [-0.3, -0.25) is 9.59 Å². The van der Waals surface area contributed by atoms with Gasteiger partial charge in [-0.05, 0) is 18.1 Å². The summed E-state index contributed by atoms with van der Waals surface area (Å²) in [7, 11) is 5.16. The Morgan fingerprint density at radius 2 is 1.90 bits per heavy atom.